The van der Waals surface area contributed by atoms with E-state index in [0.29, 0.717) is 0 Å². The van der Waals surface area contributed by atoms with Gasteiger partial charge in [-0.3, -0.25) is 18.4 Å². The molecule has 0 amide bonds. The molecule has 6 nitrogen and oxygen atoms in total. The van der Waals surface area contributed by atoms with E-state index in [1.165, 1.54) is 0 Å². The van der Waals surface area contributed by atoms with Crippen molar-refractivity contribution in [2.24, 2.45) is 0 Å². The molecule has 0 aliphatic carbocycles. The maximum absolute atomic E-state index is 12.3. The number of aliphatic hydroxyl groups excluding tert-OH is 1. The van der Waals surface area contributed by atoms with Crippen molar-refractivity contribution in [2.45, 2.75) is 45.6 Å². The first kappa shape index (κ1) is 19.5. The zero-order chi connectivity index (χ0) is 15.4. The van der Waals surface area contributed by atoms with Crippen molar-refractivity contribution >= 4 is 13.6 Å². The van der Waals surface area contributed by atoms with Gasteiger partial charge in [-0.2, -0.15) is 0 Å². The number of carbonyl (C=O) groups is 1. The molecule has 0 fully saturated rings. The monoisotopic (exact) mass is 308 g/mol. The Morgan fingerprint density at radius 1 is 1.20 bits per heavy atom. The predicted octanol–water partition coefficient (Wildman–Crippen LogP) is 2.86. The minimum absolute atomic E-state index is 0.241. The number of rotatable bonds is 13. The van der Waals surface area contributed by atoms with Crippen molar-refractivity contribution in [3.63, 3.8) is 0 Å². The SMILES string of the molecule is C=CC(=O)C(O)COP(=O)(OCCCC)OCCCC. The fourth-order valence-corrected chi connectivity index (χ4v) is 2.39. The summed E-state index contributed by atoms with van der Waals surface area (Å²) in [6.45, 7) is 7.23. The standard InChI is InChI=1S/C13H25O6P/c1-4-7-9-17-20(16,18-10-8-5-2)19-11-13(15)12(14)6-3/h6,13,15H,3-5,7-11H2,1-2H3. The maximum Gasteiger partial charge on any atom is 0.474 e. The summed E-state index contributed by atoms with van der Waals surface area (Å²) in [7, 11) is -3.73. The van der Waals surface area contributed by atoms with Gasteiger partial charge in [0.05, 0.1) is 19.8 Å². The fraction of sp³-hybridized carbons (Fsp3) is 0.769. The van der Waals surface area contributed by atoms with Crippen LogP contribution in [0.4, 0.5) is 0 Å². The van der Waals surface area contributed by atoms with E-state index in [1.54, 1.807) is 0 Å². The van der Waals surface area contributed by atoms with Crippen LogP contribution in [0.1, 0.15) is 39.5 Å². The molecule has 0 saturated carbocycles. The van der Waals surface area contributed by atoms with Crippen LogP contribution in [-0.2, 0) is 22.9 Å². The van der Waals surface area contributed by atoms with Gasteiger partial charge in [0.2, 0.25) is 0 Å². The molecule has 0 aromatic rings. The normalized spacial score (nSPS) is 13.2. The molecule has 0 aliphatic rings. The summed E-state index contributed by atoms with van der Waals surface area (Å²) in [4.78, 5) is 11.1. The molecule has 0 spiro atoms. The van der Waals surface area contributed by atoms with Crippen LogP contribution in [-0.4, -0.2) is 36.8 Å². The molecule has 0 bridgehead atoms. The Kier molecular flexibility index (Phi) is 10.9. The van der Waals surface area contributed by atoms with Crippen molar-refractivity contribution in [2.75, 3.05) is 19.8 Å². The van der Waals surface area contributed by atoms with Gasteiger partial charge < -0.3 is 5.11 Å². The Morgan fingerprint density at radius 3 is 2.10 bits per heavy atom. The number of ketones is 1. The van der Waals surface area contributed by atoms with Crippen LogP contribution in [0.3, 0.4) is 0 Å². The molecule has 1 N–H and O–H groups in total. The second-order valence-electron chi connectivity index (χ2n) is 4.24. The molecule has 1 unspecified atom stereocenters. The van der Waals surface area contributed by atoms with E-state index in [-0.39, 0.29) is 13.2 Å². The molecule has 7 heteroatoms. The molecular weight excluding hydrogens is 283 g/mol. The Hall–Kier alpha value is -0.520. The second-order valence-corrected chi connectivity index (χ2v) is 5.91. The van der Waals surface area contributed by atoms with E-state index < -0.39 is 26.3 Å². The third kappa shape index (κ3) is 8.61. The molecule has 0 rings (SSSR count). The van der Waals surface area contributed by atoms with E-state index in [9.17, 15) is 14.5 Å². The lowest BCUT2D eigenvalue weighted by atomic mass is 10.2. The summed E-state index contributed by atoms with van der Waals surface area (Å²) < 4.78 is 27.5. The van der Waals surface area contributed by atoms with Crippen molar-refractivity contribution in [3.8, 4) is 0 Å². The zero-order valence-corrected chi connectivity index (χ0v) is 13.1. The van der Waals surface area contributed by atoms with Crippen molar-refractivity contribution in [1.82, 2.24) is 0 Å². The lowest BCUT2D eigenvalue weighted by molar-refractivity contribution is -0.123. The molecule has 0 heterocycles. The minimum Gasteiger partial charge on any atom is -0.382 e. The Labute approximate surface area is 120 Å². The third-order valence-electron chi connectivity index (χ3n) is 2.41. The van der Waals surface area contributed by atoms with Crippen molar-refractivity contribution in [1.29, 1.82) is 0 Å². The highest BCUT2D eigenvalue weighted by atomic mass is 31.2. The van der Waals surface area contributed by atoms with Gasteiger partial charge in [0.25, 0.3) is 0 Å². The average Bonchev–Trinajstić information content (AvgIpc) is 2.44. The topological polar surface area (TPSA) is 82.1 Å². The Balaban J connectivity index is 4.38. The number of phosphoric ester groups is 1. The Morgan fingerprint density at radius 2 is 1.70 bits per heavy atom. The summed E-state index contributed by atoms with van der Waals surface area (Å²) in [6, 6.07) is 0. The van der Waals surface area contributed by atoms with Gasteiger partial charge >= 0.3 is 7.82 Å². The average molecular weight is 308 g/mol. The predicted molar refractivity (Wildman–Crippen MR) is 76.5 cm³/mol. The van der Waals surface area contributed by atoms with Crippen molar-refractivity contribution < 1.29 is 28.0 Å². The molecule has 1 atom stereocenters. The van der Waals surface area contributed by atoms with Crippen LogP contribution in [0.2, 0.25) is 0 Å². The smallest absolute Gasteiger partial charge is 0.382 e. The minimum atomic E-state index is -3.73. The highest BCUT2D eigenvalue weighted by Gasteiger charge is 2.28. The van der Waals surface area contributed by atoms with Gasteiger partial charge in [0.15, 0.2) is 5.78 Å². The molecule has 0 radical (unpaired) electrons. The van der Waals surface area contributed by atoms with Crippen LogP contribution >= 0.6 is 7.82 Å². The molecular formula is C13H25O6P. The maximum atomic E-state index is 12.3. The number of unbranched alkanes of at least 4 members (excludes halogenated alkanes) is 2. The first-order valence-electron chi connectivity index (χ1n) is 6.87. The largest absolute Gasteiger partial charge is 0.474 e. The van der Waals surface area contributed by atoms with Gasteiger partial charge in [-0.15, -0.1) is 0 Å². The highest BCUT2D eigenvalue weighted by molar-refractivity contribution is 7.48. The summed E-state index contributed by atoms with van der Waals surface area (Å²) in [5.41, 5.74) is 0. The highest BCUT2D eigenvalue weighted by Crippen LogP contribution is 2.49. The number of aliphatic hydroxyl groups is 1. The lowest BCUT2D eigenvalue weighted by Gasteiger charge is -2.19. The first-order chi connectivity index (χ1) is 9.49. The van der Waals surface area contributed by atoms with Gasteiger partial charge in [0.1, 0.15) is 6.10 Å². The number of carbonyl (C=O) groups excluding carboxylic acids is 1. The molecule has 0 saturated heterocycles. The summed E-state index contributed by atoms with van der Waals surface area (Å²) in [6.07, 6.45) is 2.77. The quantitative estimate of drug-likeness (QED) is 0.320. The first-order valence-corrected chi connectivity index (χ1v) is 8.33. The van der Waals surface area contributed by atoms with Crippen LogP contribution < -0.4 is 0 Å². The summed E-state index contributed by atoms with van der Waals surface area (Å²) in [5.74, 6) is -0.598. The summed E-state index contributed by atoms with van der Waals surface area (Å²) in [5, 5.41) is 9.45. The van der Waals surface area contributed by atoms with Gasteiger partial charge in [0, 0.05) is 0 Å². The van der Waals surface area contributed by atoms with Gasteiger partial charge in [-0.05, 0) is 18.9 Å². The van der Waals surface area contributed by atoms with Crippen LogP contribution in [0.25, 0.3) is 0 Å². The van der Waals surface area contributed by atoms with Crippen molar-refractivity contribution in [3.05, 3.63) is 12.7 Å². The molecule has 0 aromatic carbocycles. The van der Waals surface area contributed by atoms with Crippen LogP contribution in [0, 0.1) is 0 Å². The molecule has 20 heavy (non-hydrogen) atoms. The number of phosphoric acid groups is 1. The molecule has 118 valence electrons. The van der Waals surface area contributed by atoms with E-state index in [0.717, 1.165) is 31.8 Å². The van der Waals surface area contributed by atoms with E-state index in [4.69, 9.17) is 13.6 Å². The van der Waals surface area contributed by atoms with E-state index in [1.807, 2.05) is 13.8 Å². The fourth-order valence-electron chi connectivity index (χ4n) is 1.13. The van der Waals surface area contributed by atoms with Crippen LogP contribution in [0.15, 0.2) is 12.7 Å². The van der Waals surface area contributed by atoms with E-state index >= 15 is 0 Å². The lowest BCUT2D eigenvalue weighted by Crippen LogP contribution is -2.24. The van der Waals surface area contributed by atoms with E-state index in [2.05, 4.69) is 6.58 Å². The van der Waals surface area contributed by atoms with Gasteiger partial charge in [-0.25, -0.2) is 4.57 Å². The summed E-state index contributed by atoms with van der Waals surface area (Å²) >= 11 is 0. The Bertz CT molecular complexity index is 317. The zero-order valence-electron chi connectivity index (χ0n) is 12.2. The van der Waals surface area contributed by atoms with Gasteiger partial charge in [-0.1, -0.05) is 33.3 Å². The number of hydrogen-bond acceptors (Lipinski definition) is 6. The second kappa shape index (κ2) is 11.2. The number of hydrogen-bond donors (Lipinski definition) is 1. The third-order valence-corrected chi connectivity index (χ3v) is 3.88. The molecule has 0 aliphatic heterocycles. The van der Waals surface area contributed by atoms with Crippen LogP contribution in [0.5, 0.6) is 0 Å². The molecule has 0 aromatic heterocycles.